The van der Waals surface area contributed by atoms with Gasteiger partial charge in [-0.15, -0.1) is 5.10 Å². The molecule has 0 radical (unpaired) electrons. The SMILES string of the molecule is COc1cc2nnn(Cc3ccc(C(=O)O)o3)c2cc1OC. The third-order valence-corrected chi connectivity index (χ3v) is 3.20. The minimum Gasteiger partial charge on any atom is -0.493 e. The van der Waals surface area contributed by atoms with Crippen LogP contribution in [0.2, 0.25) is 0 Å². The lowest BCUT2D eigenvalue weighted by molar-refractivity contribution is 0.0660. The summed E-state index contributed by atoms with van der Waals surface area (Å²) in [6.45, 7) is 0.263. The van der Waals surface area contributed by atoms with Crippen molar-refractivity contribution in [3.8, 4) is 11.5 Å². The molecule has 1 N–H and O–H groups in total. The lowest BCUT2D eigenvalue weighted by atomic mass is 10.2. The average molecular weight is 303 g/mol. The molecule has 0 fully saturated rings. The minimum absolute atomic E-state index is 0.112. The molecule has 3 rings (SSSR count). The van der Waals surface area contributed by atoms with Crippen molar-refractivity contribution in [3.63, 3.8) is 0 Å². The quantitative estimate of drug-likeness (QED) is 0.767. The van der Waals surface area contributed by atoms with Gasteiger partial charge in [-0.2, -0.15) is 0 Å². The molecule has 2 aromatic heterocycles. The van der Waals surface area contributed by atoms with E-state index in [2.05, 4.69) is 10.3 Å². The van der Waals surface area contributed by atoms with Crippen LogP contribution in [0.15, 0.2) is 28.7 Å². The zero-order chi connectivity index (χ0) is 15.7. The molecule has 0 aliphatic heterocycles. The monoisotopic (exact) mass is 303 g/mol. The summed E-state index contributed by atoms with van der Waals surface area (Å²) in [5.74, 6) is 0.371. The van der Waals surface area contributed by atoms with Crippen molar-refractivity contribution in [2.45, 2.75) is 6.54 Å². The van der Waals surface area contributed by atoms with E-state index in [1.807, 2.05) is 0 Å². The highest BCUT2D eigenvalue weighted by Gasteiger charge is 2.14. The summed E-state index contributed by atoms with van der Waals surface area (Å²) in [5.41, 5.74) is 1.37. The van der Waals surface area contributed by atoms with Crippen LogP contribution in [-0.2, 0) is 6.54 Å². The molecule has 114 valence electrons. The zero-order valence-corrected chi connectivity index (χ0v) is 11.9. The Bertz CT molecular complexity index is 836. The number of benzene rings is 1. The van der Waals surface area contributed by atoms with Crippen molar-refractivity contribution in [2.75, 3.05) is 14.2 Å². The molecule has 2 heterocycles. The molecule has 22 heavy (non-hydrogen) atoms. The Kier molecular flexibility index (Phi) is 3.42. The van der Waals surface area contributed by atoms with E-state index in [0.29, 0.717) is 22.8 Å². The molecule has 0 atom stereocenters. The summed E-state index contributed by atoms with van der Waals surface area (Å²) in [5, 5.41) is 17.0. The molecule has 3 aromatic rings. The maximum absolute atomic E-state index is 10.8. The number of aromatic carboxylic acids is 1. The van der Waals surface area contributed by atoms with E-state index in [1.54, 1.807) is 37.1 Å². The number of methoxy groups -OCH3 is 2. The summed E-state index contributed by atoms with van der Waals surface area (Å²) < 4.78 is 17.3. The number of aromatic nitrogens is 3. The van der Waals surface area contributed by atoms with E-state index in [0.717, 1.165) is 5.52 Å². The van der Waals surface area contributed by atoms with Crippen LogP contribution in [0, 0.1) is 0 Å². The standard InChI is InChI=1S/C14H13N3O5/c1-20-12-5-9-10(6-13(12)21-2)17(16-15-9)7-8-3-4-11(22-8)14(18)19/h3-6H,7H2,1-2H3,(H,18,19). The number of carboxylic acids is 1. The molecule has 0 amide bonds. The first-order valence-corrected chi connectivity index (χ1v) is 6.39. The molecular weight excluding hydrogens is 290 g/mol. The number of hydrogen-bond acceptors (Lipinski definition) is 6. The molecular formula is C14H13N3O5. The number of carbonyl (C=O) groups is 1. The van der Waals surface area contributed by atoms with Gasteiger partial charge >= 0.3 is 5.97 Å². The highest BCUT2D eigenvalue weighted by Crippen LogP contribution is 2.31. The van der Waals surface area contributed by atoms with Gasteiger partial charge < -0.3 is 19.0 Å². The van der Waals surface area contributed by atoms with Crippen molar-refractivity contribution in [3.05, 3.63) is 35.8 Å². The highest BCUT2D eigenvalue weighted by molar-refractivity contribution is 5.84. The second-order valence-corrected chi connectivity index (χ2v) is 4.51. The molecule has 0 aliphatic carbocycles. The summed E-state index contributed by atoms with van der Waals surface area (Å²) in [6, 6.07) is 6.48. The van der Waals surface area contributed by atoms with Crippen LogP contribution >= 0.6 is 0 Å². The second-order valence-electron chi connectivity index (χ2n) is 4.51. The first-order valence-electron chi connectivity index (χ1n) is 6.39. The normalized spacial score (nSPS) is 10.8. The van der Waals surface area contributed by atoms with E-state index in [4.69, 9.17) is 19.0 Å². The molecule has 0 unspecified atom stereocenters. The highest BCUT2D eigenvalue weighted by atomic mass is 16.5. The van der Waals surface area contributed by atoms with E-state index < -0.39 is 5.97 Å². The van der Waals surface area contributed by atoms with Crippen LogP contribution in [0.5, 0.6) is 11.5 Å². The van der Waals surface area contributed by atoms with E-state index in [1.165, 1.54) is 6.07 Å². The third kappa shape index (κ3) is 2.34. The van der Waals surface area contributed by atoms with Crippen molar-refractivity contribution in [2.24, 2.45) is 0 Å². The summed E-state index contributed by atoms with van der Waals surface area (Å²) in [7, 11) is 3.09. The van der Waals surface area contributed by atoms with Crippen molar-refractivity contribution in [1.82, 2.24) is 15.0 Å². The molecule has 0 saturated heterocycles. The van der Waals surface area contributed by atoms with Gasteiger partial charge in [0.05, 0.1) is 19.7 Å². The smallest absolute Gasteiger partial charge is 0.371 e. The Hall–Kier alpha value is -3.03. The fourth-order valence-electron chi connectivity index (χ4n) is 2.14. The maximum Gasteiger partial charge on any atom is 0.371 e. The molecule has 8 heteroatoms. The lowest BCUT2D eigenvalue weighted by Gasteiger charge is -2.07. The molecule has 1 aromatic carbocycles. The van der Waals surface area contributed by atoms with E-state index in [9.17, 15) is 4.79 Å². The number of furan rings is 1. The summed E-state index contributed by atoms with van der Waals surface area (Å²) >= 11 is 0. The molecule has 0 aliphatic rings. The second kappa shape index (κ2) is 5.40. The topological polar surface area (TPSA) is 99.6 Å². The molecule has 0 bridgehead atoms. The minimum atomic E-state index is -1.11. The Morgan fingerprint density at radius 1 is 1.27 bits per heavy atom. The van der Waals surface area contributed by atoms with Gasteiger partial charge in [-0.05, 0) is 12.1 Å². The fourth-order valence-corrected chi connectivity index (χ4v) is 2.14. The van der Waals surface area contributed by atoms with E-state index >= 15 is 0 Å². The number of fused-ring (bicyclic) bond motifs is 1. The van der Waals surface area contributed by atoms with Crippen LogP contribution in [0.25, 0.3) is 11.0 Å². The Labute approximate surface area is 124 Å². The summed E-state index contributed by atoms with van der Waals surface area (Å²) in [4.78, 5) is 10.8. The Morgan fingerprint density at radius 2 is 2.00 bits per heavy atom. The van der Waals surface area contributed by atoms with Crippen molar-refractivity contribution >= 4 is 17.0 Å². The van der Waals surface area contributed by atoms with Gasteiger partial charge in [0.15, 0.2) is 11.5 Å². The van der Waals surface area contributed by atoms with Gasteiger partial charge in [0.2, 0.25) is 5.76 Å². The summed E-state index contributed by atoms with van der Waals surface area (Å²) in [6.07, 6.45) is 0. The first kappa shape index (κ1) is 13.9. The predicted molar refractivity (Wildman–Crippen MR) is 75.4 cm³/mol. The number of nitrogens with zero attached hydrogens (tertiary/aromatic N) is 3. The predicted octanol–water partition coefficient (Wildman–Crippen LogP) is 1.79. The van der Waals surface area contributed by atoms with E-state index in [-0.39, 0.29) is 12.3 Å². The fraction of sp³-hybridized carbons (Fsp3) is 0.214. The van der Waals surface area contributed by atoms with Gasteiger partial charge in [0.25, 0.3) is 0 Å². The Morgan fingerprint density at radius 3 is 2.64 bits per heavy atom. The molecule has 0 saturated carbocycles. The molecule has 8 nitrogen and oxygen atoms in total. The van der Waals surface area contributed by atoms with Gasteiger partial charge in [-0.1, -0.05) is 5.21 Å². The first-order chi connectivity index (χ1) is 10.6. The Balaban J connectivity index is 1.98. The van der Waals surface area contributed by atoms with Crippen LogP contribution in [0.1, 0.15) is 16.3 Å². The molecule has 0 spiro atoms. The number of rotatable bonds is 5. The van der Waals surface area contributed by atoms with Crippen LogP contribution in [0.4, 0.5) is 0 Å². The van der Waals surface area contributed by atoms with Gasteiger partial charge in [0.1, 0.15) is 17.8 Å². The van der Waals surface area contributed by atoms with Crippen LogP contribution in [0.3, 0.4) is 0 Å². The van der Waals surface area contributed by atoms with Crippen molar-refractivity contribution in [1.29, 1.82) is 0 Å². The number of hydrogen-bond donors (Lipinski definition) is 1. The third-order valence-electron chi connectivity index (χ3n) is 3.20. The van der Waals surface area contributed by atoms with Gasteiger partial charge in [-0.25, -0.2) is 9.48 Å². The number of ether oxygens (including phenoxy) is 2. The number of carboxylic acid groups (broad SMARTS) is 1. The van der Waals surface area contributed by atoms with Crippen molar-refractivity contribution < 1.29 is 23.8 Å². The maximum atomic E-state index is 10.8. The largest absolute Gasteiger partial charge is 0.493 e. The van der Waals surface area contributed by atoms with Gasteiger partial charge in [0, 0.05) is 12.1 Å². The average Bonchev–Trinajstić information content (AvgIpc) is 3.13. The van der Waals surface area contributed by atoms with Gasteiger partial charge in [-0.3, -0.25) is 0 Å². The van der Waals surface area contributed by atoms with Crippen LogP contribution < -0.4 is 9.47 Å². The van der Waals surface area contributed by atoms with Crippen LogP contribution in [-0.4, -0.2) is 40.3 Å². The zero-order valence-electron chi connectivity index (χ0n) is 11.9. The lowest BCUT2D eigenvalue weighted by Crippen LogP contribution is -2.01.